The van der Waals surface area contributed by atoms with Gasteiger partial charge in [-0.2, -0.15) is 0 Å². The zero-order chi connectivity index (χ0) is 19.0. The van der Waals surface area contributed by atoms with Crippen LogP contribution in [0.1, 0.15) is 37.7 Å². The molecule has 0 radical (unpaired) electrons. The van der Waals surface area contributed by atoms with Gasteiger partial charge in [-0.3, -0.25) is 4.79 Å². The van der Waals surface area contributed by atoms with Gasteiger partial charge in [-0.1, -0.05) is 17.7 Å². The summed E-state index contributed by atoms with van der Waals surface area (Å²) < 4.78 is 5.01. The Morgan fingerprint density at radius 3 is 2.65 bits per heavy atom. The zero-order valence-electron chi connectivity index (χ0n) is 15.5. The molecule has 6 heteroatoms. The number of ketones is 1. The van der Waals surface area contributed by atoms with Crippen molar-refractivity contribution in [2.24, 2.45) is 0 Å². The predicted octanol–water partition coefficient (Wildman–Crippen LogP) is 3.55. The number of carbonyl (C=O) groups excluding carboxylic acids is 2. The minimum absolute atomic E-state index is 0.0606. The maximum Gasteiger partial charge on any atom is 0.336 e. The van der Waals surface area contributed by atoms with Gasteiger partial charge in [-0.25, -0.2) is 4.79 Å². The smallest absolute Gasteiger partial charge is 0.336 e. The molecule has 1 N–H and O–H groups in total. The summed E-state index contributed by atoms with van der Waals surface area (Å²) in [6, 6.07) is 5.70. The van der Waals surface area contributed by atoms with E-state index in [0.717, 1.165) is 29.8 Å². The van der Waals surface area contributed by atoms with Crippen LogP contribution in [0.15, 0.2) is 40.7 Å². The fourth-order valence-corrected chi connectivity index (χ4v) is 3.99. The van der Waals surface area contributed by atoms with Crippen LogP contribution < -0.4 is 10.2 Å². The van der Waals surface area contributed by atoms with Crippen molar-refractivity contribution in [3.8, 4) is 0 Å². The van der Waals surface area contributed by atoms with Crippen LogP contribution in [0.2, 0.25) is 5.02 Å². The molecule has 0 fully saturated rings. The third-order valence-electron chi connectivity index (χ3n) is 4.99. The van der Waals surface area contributed by atoms with Gasteiger partial charge in [0.15, 0.2) is 5.78 Å². The van der Waals surface area contributed by atoms with Gasteiger partial charge in [-0.05, 0) is 37.5 Å². The van der Waals surface area contributed by atoms with Gasteiger partial charge in [0.05, 0.1) is 12.7 Å². The van der Waals surface area contributed by atoms with E-state index in [1.807, 2.05) is 44.1 Å². The number of nitrogens with zero attached hydrogens (tertiary/aromatic N) is 1. The molecule has 5 nitrogen and oxygen atoms in total. The van der Waals surface area contributed by atoms with E-state index in [2.05, 4.69) is 5.32 Å². The van der Waals surface area contributed by atoms with Gasteiger partial charge in [0.25, 0.3) is 0 Å². The number of rotatable bonds is 3. The Hall–Kier alpha value is -2.27. The van der Waals surface area contributed by atoms with E-state index in [4.69, 9.17) is 16.3 Å². The van der Waals surface area contributed by atoms with Gasteiger partial charge in [0.1, 0.15) is 0 Å². The Kier molecular flexibility index (Phi) is 5.10. The quantitative estimate of drug-likeness (QED) is 0.820. The fraction of sp³-hybridized carbons (Fsp3) is 0.400. The van der Waals surface area contributed by atoms with Crippen molar-refractivity contribution < 1.29 is 14.3 Å². The molecule has 138 valence electrons. The summed E-state index contributed by atoms with van der Waals surface area (Å²) in [6.07, 6.45) is 2.08. The number of nitrogens with one attached hydrogen (secondary N) is 1. The SMILES string of the molecule is COC(=O)C1=C(C)NC2=C(C(=O)CCC2)C1c1ccc(N(C)C)cc1Cl. The van der Waals surface area contributed by atoms with Crippen LogP contribution in [0, 0.1) is 0 Å². The molecule has 0 saturated carbocycles. The van der Waals surface area contributed by atoms with Crippen LogP contribution in [0.5, 0.6) is 0 Å². The minimum atomic E-state index is -0.504. The summed E-state index contributed by atoms with van der Waals surface area (Å²) in [6.45, 7) is 1.84. The molecule has 3 rings (SSSR count). The zero-order valence-corrected chi connectivity index (χ0v) is 16.2. The highest BCUT2D eigenvalue weighted by atomic mass is 35.5. The number of dihydropyridines is 1. The lowest BCUT2D eigenvalue weighted by molar-refractivity contribution is -0.136. The highest BCUT2D eigenvalue weighted by Gasteiger charge is 2.39. The second kappa shape index (κ2) is 7.16. The van der Waals surface area contributed by atoms with Gasteiger partial charge in [-0.15, -0.1) is 0 Å². The van der Waals surface area contributed by atoms with E-state index in [0.29, 0.717) is 28.3 Å². The van der Waals surface area contributed by atoms with Crippen molar-refractivity contribution in [2.45, 2.75) is 32.1 Å². The molecule has 1 aromatic carbocycles. The molecule has 1 aliphatic carbocycles. The van der Waals surface area contributed by atoms with E-state index >= 15 is 0 Å². The van der Waals surface area contributed by atoms with Crippen molar-refractivity contribution in [2.75, 3.05) is 26.1 Å². The van der Waals surface area contributed by atoms with Crippen molar-refractivity contribution in [1.29, 1.82) is 0 Å². The van der Waals surface area contributed by atoms with Gasteiger partial charge in [0, 0.05) is 54.1 Å². The number of anilines is 1. The van der Waals surface area contributed by atoms with Crippen molar-refractivity contribution in [1.82, 2.24) is 5.32 Å². The van der Waals surface area contributed by atoms with Crippen molar-refractivity contribution in [3.05, 3.63) is 51.3 Å². The third kappa shape index (κ3) is 3.12. The van der Waals surface area contributed by atoms with Gasteiger partial charge in [0.2, 0.25) is 0 Å². The first-order chi connectivity index (χ1) is 12.3. The Morgan fingerprint density at radius 2 is 2.04 bits per heavy atom. The van der Waals surface area contributed by atoms with E-state index in [1.54, 1.807) is 0 Å². The number of Topliss-reactive ketones (excluding diaryl/α,β-unsaturated/α-hetero) is 1. The lowest BCUT2D eigenvalue weighted by Gasteiger charge is -2.34. The lowest BCUT2D eigenvalue weighted by Crippen LogP contribution is -2.34. The summed E-state index contributed by atoms with van der Waals surface area (Å²) >= 11 is 6.59. The second-order valence-electron chi connectivity index (χ2n) is 6.86. The third-order valence-corrected chi connectivity index (χ3v) is 5.32. The maximum atomic E-state index is 12.7. The molecular formula is C20H23ClN2O3. The first-order valence-corrected chi connectivity index (χ1v) is 9.02. The number of benzene rings is 1. The lowest BCUT2D eigenvalue weighted by atomic mass is 9.75. The van der Waals surface area contributed by atoms with Crippen LogP contribution >= 0.6 is 11.6 Å². The van der Waals surface area contributed by atoms with Crippen LogP contribution in [-0.4, -0.2) is 33.0 Å². The van der Waals surface area contributed by atoms with Crippen LogP contribution in [0.3, 0.4) is 0 Å². The normalized spacial score (nSPS) is 19.9. The van der Waals surface area contributed by atoms with Gasteiger partial charge < -0.3 is 15.0 Å². The molecule has 0 bridgehead atoms. The molecular weight excluding hydrogens is 352 g/mol. The summed E-state index contributed by atoms with van der Waals surface area (Å²) in [4.78, 5) is 27.2. The van der Waals surface area contributed by atoms with Crippen LogP contribution in [0.4, 0.5) is 5.69 Å². The summed E-state index contributed by atoms with van der Waals surface area (Å²) in [5.74, 6) is -0.890. The first kappa shape index (κ1) is 18.5. The van der Waals surface area contributed by atoms with E-state index in [9.17, 15) is 9.59 Å². The monoisotopic (exact) mass is 374 g/mol. The molecule has 1 aromatic rings. The molecule has 0 saturated heterocycles. The number of carbonyl (C=O) groups is 2. The summed E-state index contributed by atoms with van der Waals surface area (Å²) in [5.41, 5.74) is 4.40. The van der Waals surface area contributed by atoms with Crippen LogP contribution in [-0.2, 0) is 14.3 Å². The molecule has 2 aliphatic rings. The number of methoxy groups -OCH3 is 1. The Morgan fingerprint density at radius 1 is 1.31 bits per heavy atom. The highest BCUT2D eigenvalue weighted by molar-refractivity contribution is 6.32. The molecule has 0 aromatic heterocycles. The topological polar surface area (TPSA) is 58.6 Å². The Bertz CT molecular complexity index is 839. The van der Waals surface area contributed by atoms with Crippen molar-refractivity contribution in [3.63, 3.8) is 0 Å². The Balaban J connectivity index is 2.20. The molecule has 0 spiro atoms. The Labute approximate surface area is 158 Å². The van der Waals surface area contributed by atoms with E-state index < -0.39 is 11.9 Å². The summed E-state index contributed by atoms with van der Waals surface area (Å²) in [7, 11) is 5.22. The fourth-order valence-electron chi connectivity index (χ4n) is 3.70. The average molecular weight is 375 g/mol. The summed E-state index contributed by atoms with van der Waals surface area (Å²) in [5, 5.41) is 3.78. The predicted molar refractivity (Wildman–Crippen MR) is 102 cm³/mol. The highest BCUT2D eigenvalue weighted by Crippen LogP contribution is 2.45. The molecule has 1 atom stereocenters. The molecule has 1 heterocycles. The number of hydrogen-bond acceptors (Lipinski definition) is 5. The van der Waals surface area contributed by atoms with Crippen LogP contribution in [0.25, 0.3) is 0 Å². The maximum absolute atomic E-state index is 12.7. The van der Waals surface area contributed by atoms with Gasteiger partial charge >= 0.3 is 5.97 Å². The standard InChI is InChI=1S/C20H23ClN2O3/c1-11-17(20(25)26-4)18(19-15(22-11)6-5-7-16(19)24)13-9-8-12(23(2)3)10-14(13)21/h8-10,18,22H,5-7H2,1-4H3. The van der Waals surface area contributed by atoms with Crippen molar-refractivity contribution >= 4 is 29.0 Å². The largest absolute Gasteiger partial charge is 0.466 e. The van der Waals surface area contributed by atoms with E-state index in [1.165, 1.54) is 7.11 Å². The molecule has 1 aliphatic heterocycles. The number of halogens is 1. The number of allylic oxidation sites excluding steroid dienone is 3. The van der Waals surface area contributed by atoms with E-state index in [-0.39, 0.29) is 5.78 Å². The average Bonchev–Trinajstić information content (AvgIpc) is 2.60. The number of esters is 1. The first-order valence-electron chi connectivity index (χ1n) is 8.64. The molecule has 26 heavy (non-hydrogen) atoms. The minimum Gasteiger partial charge on any atom is -0.466 e. The molecule has 1 unspecified atom stereocenters. The second-order valence-corrected chi connectivity index (χ2v) is 7.26. The number of hydrogen-bond donors (Lipinski definition) is 1. The number of ether oxygens (including phenoxy) is 1. The molecule has 0 amide bonds.